The summed E-state index contributed by atoms with van der Waals surface area (Å²) < 4.78 is 0. The highest BCUT2D eigenvalue weighted by molar-refractivity contribution is 5.78. The van der Waals surface area contributed by atoms with Crippen LogP contribution >= 0.6 is 0 Å². The molecule has 14 heavy (non-hydrogen) atoms. The third kappa shape index (κ3) is 2.69. The lowest BCUT2D eigenvalue weighted by Crippen LogP contribution is -2.42. The molecule has 1 saturated heterocycles. The number of carbonyl (C=O) groups is 1. The zero-order valence-electron chi connectivity index (χ0n) is 9.16. The Bertz CT molecular complexity index is 206. The monoisotopic (exact) mass is 200 g/mol. The smallest absolute Gasteiger partial charge is 0.238 e. The summed E-state index contributed by atoms with van der Waals surface area (Å²) in [5.74, 6) is 0.745. The van der Waals surface area contributed by atoms with E-state index < -0.39 is 0 Å². The predicted octanol–water partition coefficient (Wildman–Crippen LogP) is 0.376. The Hall–Kier alpha value is -0.610. The molecule has 1 aliphatic heterocycles. The van der Waals surface area contributed by atoms with Gasteiger partial charge in [-0.25, -0.2) is 5.43 Å². The van der Waals surface area contributed by atoms with Crippen molar-refractivity contribution in [3.8, 4) is 0 Å². The van der Waals surface area contributed by atoms with Gasteiger partial charge in [0.1, 0.15) is 0 Å². The van der Waals surface area contributed by atoms with Crippen molar-refractivity contribution < 1.29 is 9.90 Å². The zero-order chi connectivity index (χ0) is 10.7. The summed E-state index contributed by atoms with van der Waals surface area (Å²) in [6, 6.07) is 0.258. The van der Waals surface area contributed by atoms with E-state index in [4.69, 9.17) is 5.11 Å². The Morgan fingerprint density at radius 1 is 1.57 bits per heavy atom. The van der Waals surface area contributed by atoms with E-state index in [1.165, 1.54) is 0 Å². The lowest BCUT2D eigenvalue weighted by atomic mass is 10.0. The molecule has 0 radical (unpaired) electrons. The maximum atomic E-state index is 11.5. The lowest BCUT2D eigenvalue weighted by molar-refractivity contribution is -0.130. The van der Waals surface area contributed by atoms with E-state index in [-0.39, 0.29) is 24.5 Å². The van der Waals surface area contributed by atoms with E-state index in [2.05, 4.69) is 19.3 Å². The first-order chi connectivity index (χ1) is 6.54. The molecule has 1 aliphatic rings. The van der Waals surface area contributed by atoms with Crippen LogP contribution in [-0.2, 0) is 4.79 Å². The molecule has 0 aromatic carbocycles. The normalized spacial score (nSPS) is 24.8. The van der Waals surface area contributed by atoms with Crippen LogP contribution in [0.2, 0.25) is 0 Å². The van der Waals surface area contributed by atoms with Gasteiger partial charge in [0.05, 0.1) is 0 Å². The number of hydrogen-bond donors (Lipinski definition) is 2. The maximum absolute atomic E-state index is 11.5. The fraction of sp³-hybridized carbons (Fsp3) is 0.900. The van der Waals surface area contributed by atoms with Crippen molar-refractivity contribution in [2.24, 2.45) is 11.8 Å². The van der Waals surface area contributed by atoms with Gasteiger partial charge in [-0.05, 0) is 11.8 Å². The minimum Gasteiger partial charge on any atom is -0.396 e. The number of hydrogen-bond acceptors (Lipinski definition) is 3. The van der Waals surface area contributed by atoms with Crippen LogP contribution in [0.4, 0.5) is 0 Å². The van der Waals surface area contributed by atoms with Gasteiger partial charge in [-0.3, -0.25) is 9.80 Å². The molecular weight excluding hydrogens is 180 g/mol. The van der Waals surface area contributed by atoms with Crippen molar-refractivity contribution in [3.63, 3.8) is 0 Å². The molecule has 0 bridgehead atoms. The van der Waals surface area contributed by atoms with Crippen molar-refractivity contribution in [2.45, 2.75) is 33.2 Å². The first-order valence-corrected chi connectivity index (χ1v) is 5.22. The second kappa shape index (κ2) is 4.75. The molecular formula is C10H20N2O2. The van der Waals surface area contributed by atoms with Gasteiger partial charge in [0.25, 0.3) is 0 Å². The van der Waals surface area contributed by atoms with Gasteiger partial charge in [0, 0.05) is 25.6 Å². The van der Waals surface area contributed by atoms with Crippen LogP contribution < -0.4 is 5.43 Å². The Labute approximate surface area is 85.3 Å². The van der Waals surface area contributed by atoms with Crippen molar-refractivity contribution in [3.05, 3.63) is 0 Å². The predicted molar refractivity (Wildman–Crippen MR) is 54.3 cm³/mol. The summed E-state index contributed by atoms with van der Waals surface area (Å²) in [5, 5.41) is 10.5. The number of aliphatic hydroxyl groups excluding tert-OH is 1. The fourth-order valence-electron chi connectivity index (χ4n) is 1.52. The van der Waals surface area contributed by atoms with Crippen LogP contribution in [-0.4, -0.2) is 35.2 Å². The van der Waals surface area contributed by atoms with Crippen molar-refractivity contribution >= 4 is 5.91 Å². The highest BCUT2D eigenvalue weighted by atomic mass is 16.3. The molecule has 1 rings (SSSR count). The van der Waals surface area contributed by atoms with E-state index in [0.29, 0.717) is 18.9 Å². The quantitative estimate of drug-likeness (QED) is 0.689. The SMILES string of the molecule is CC(CO)CN1NC(C(C)C)CC1=O. The van der Waals surface area contributed by atoms with E-state index >= 15 is 0 Å². The standard InChI is InChI=1S/C10H20N2O2/c1-7(2)9-4-10(14)12(11-9)5-8(3)6-13/h7-9,11,13H,4-6H2,1-3H3. The summed E-state index contributed by atoms with van der Waals surface area (Å²) in [6.45, 7) is 6.85. The Morgan fingerprint density at radius 2 is 2.21 bits per heavy atom. The van der Waals surface area contributed by atoms with Crippen molar-refractivity contribution in [1.29, 1.82) is 0 Å². The maximum Gasteiger partial charge on any atom is 0.238 e. The van der Waals surface area contributed by atoms with Gasteiger partial charge in [0.2, 0.25) is 5.91 Å². The van der Waals surface area contributed by atoms with Crippen LogP contribution in [0, 0.1) is 11.8 Å². The second-order valence-corrected chi connectivity index (χ2v) is 4.48. The molecule has 0 saturated carbocycles. The molecule has 1 amide bonds. The third-order valence-electron chi connectivity index (χ3n) is 2.63. The Kier molecular flexibility index (Phi) is 3.89. The van der Waals surface area contributed by atoms with E-state index in [9.17, 15) is 4.79 Å². The van der Waals surface area contributed by atoms with Crippen LogP contribution in [0.1, 0.15) is 27.2 Å². The molecule has 0 aliphatic carbocycles. The minimum atomic E-state index is 0.123. The molecule has 2 N–H and O–H groups in total. The summed E-state index contributed by atoms with van der Waals surface area (Å²) >= 11 is 0. The van der Waals surface area contributed by atoms with Crippen molar-refractivity contribution in [2.75, 3.05) is 13.2 Å². The highest BCUT2D eigenvalue weighted by Crippen LogP contribution is 2.15. The minimum absolute atomic E-state index is 0.123. The largest absolute Gasteiger partial charge is 0.396 e. The molecule has 82 valence electrons. The summed E-state index contributed by atoms with van der Waals surface area (Å²) in [4.78, 5) is 11.5. The van der Waals surface area contributed by atoms with E-state index in [1.807, 2.05) is 6.92 Å². The summed E-state index contributed by atoms with van der Waals surface area (Å²) in [5.41, 5.74) is 3.18. The molecule has 2 atom stereocenters. The van der Waals surface area contributed by atoms with Crippen LogP contribution in [0.5, 0.6) is 0 Å². The fourth-order valence-corrected chi connectivity index (χ4v) is 1.52. The molecule has 0 aromatic heterocycles. The lowest BCUT2D eigenvalue weighted by Gasteiger charge is -2.22. The van der Waals surface area contributed by atoms with Gasteiger partial charge in [-0.2, -0.15) is 0 Å². The number of carbonyl (C=O) groups excluding carboxylic acids is 1. The molecule has 4 heteroatoms. The van der Waals surface area contributed by atoms with Gasteiger partial charge in [-0.1, -0.05) is 20.8 Å². The molecule has 0 spiro atoms. The number of nitrogens with zero attached hydrogens (tertiary/aromatic N) is 1. The van der Waals surface area contributed by atoms with Crippen LogP contribution in [0.3, 0.4) is 0 Å². The molecule has 0 aromatic rings. The van der Waals surface area contributed by atoms with Crippen LogP contribution in [0.25, 0.3) is 0 Å². The van der Waals surface area contributed by atoms with Gasteiger partial charge in [-0.15, -0.1) is 0 Å². The van der Waals surface area contributed by atoms with E-state index in [1.54, 1.807) is 5.01 Å². The van der Waals surface area contributed by atoms with E-state index in [0.717, 1.165) is 0 Å². The Balaban J connectivity index is 2.44. The van der Waals surface area contributed by atoms with Gasteiger partial charge in [0.15, 0.2) is 0 Å². The topological polar surface area (TPSA) is 52.6 Å². The van der Waals surface area contributed by atoms with Crippen LogP contribution in [0.15, 0.2) is 0 Å². The number of aliphatic hydroxyl groups is 1. The average Bonchev–Trinajstić information content (AvgIpc) is 2.48. The second-order valence-electron chi connectivity index (χ2n) is 4.48. The zero-order valence-corrected chi connectivity index (χ0v) is 9.16. The number of amides is 1. The van der Waals surface area contributed by atoms with Gasteiger partial charge >= 0.3 is 0 Å². The highest BCUT2D eigenvalue weighted by Gasteiger charge is 2.31. The third-order valence-corrected chi connectivity index (χ3v) is 2.63. The molecule has 2 unspecified atom stereocenters. The number of hydrazine groups is 1. The first kappa shape index (κ1) is 11.5. The molecule has 1 heterocycles. The number of rotatable bonds is 4. The number of nitrogens with one attached hydrogen (secondary N) is 1. The Morgan fingerprint density at radius 3 is 2.64 bits per heavy atom. The average molecular weight is 200 g/mol. The first-order valence-electron chi connectivity index (χ1n) is 5.22. The summed E-state index contributed by atoms with van der Waals surface area (Å²) in [6.07, 6.45) is 0.579. The summed E-state index contributed by atoms with van der Waals surface area (Å²) in [7, 11) is 0. The van der Waals surface area contributed by atoms with Crippen molar-refractivity contribution in [1.82, 2.24) is 10.4 Å². The molecule has 1 fully saturated rings. The van der Waals surface area contributed by atoms with Gasteiger partial charge < -0.3 is 5.11 Å². The molecule has 4 nitrogen and oxygen atoms in total.